The molecule has 14 heavy (non-hydrogen) atoms. The van der Waals surface area contributed by atoms with Crippen molar-refractivity contribution in [2.24, 2.45) is 0 Å². The second-order valence-electron chi connectivity index (χ2n) is 2.36. The fourth-order valence-corrected chi connectivity index (χ4v) is 1.65. The van der Waals surface area contributed by atoms with Crippen LogP contribution in [0.1, 0.15) is 0 Å². The zero-order valence-electron chi connectivity index (χ0n) is 7.77. The van der Waals surface area contributed by atoms with Crippen LogP contribution in [0.5, 0.6) is 5.75 Å². The highest BCUT2D eigenvalue weighted by molar-refractivity contribution is 7.48. The van der Waals surface area contributed by atoms with Crippen LogP contribution in [0.15, 0.2) is 24.3 Å². The molecule has 0 saturated carbocycles. The third-order valence-electron chi connectivity index (χ3n) is 1.46. The fourth-order valence-electron chi connectivity index (χ4n) is 0.802. The first-order chi connectivity index (χ1) is 6.59. The summed E-state index contributed by atoms with van der Waals surface area (Å²) in [5.74, 6) is 0.338. The van der Waals surface area contributed by atoms with Crippen molar-refractivity contribution in [3.63, 3.8) is 0 Å². The van der Waals surface area contributed by atoms with Crippen molar-refractivity contribution in [1.82, 2.24) is 0 Å². The maximum absolute atomic E-state index is 11.5. The van der Waals surface area contributed by atoms with E-state index in [9.17, 15) is 4.57 Å². The Labute approximate surface area is 87.4 Å². The van der Waals surface area contributed by atoms with Crippen molar-refractivity contribution in [3.05, 3.63) is 29.3 Å². The Morgan fingerprint density at radius 2 is 1.93 bits per heavy atom. The van der Waals surface area contributed by atoms with E-state index in [2.05, 4.69) is 9.05 Å². The predicted molar refractivity (Wildman–Crippen MR) is 53.7 cm³/mol. The topological polar surface area (TPSA) is 44.8 Å². The van der Waals surface area contributed by atoms with Crippen LogP contribution in [0.25, 0.3) is 0 Å². The highest BCUT2D eigenvalue weighted by Crippen LogP contribution is 2.47. The standard InChI is InChI=1S/C8H10ClO4P/c1-11-14(10,12-2)13-8-5-3-4-7(9)6-8/h3-6H,1-2H3. The predicted octanol–water partition coefficient (Wildman–Crippen LogP) is 3.12. The zero-order chi connectivity index (χ0) is 10.6. The Balaban J connectivity index is 2.83. The zero-order valence-corrected chi connectivity index (χ0v) is 9.42. The molecular weight excluding hydrogens is 227 g/mol. The average molecular weight is 237 g/mol. The number of hydrogen-bond acceptors (Lipinski definition) is 4. The van der Waals surface area contributed by atoms with Gasteiger partial charge >= 0.3 is 7.82 Å². The molecule has 0 fully saturated rings. The van der Waals surface area contributed by atoms with Crippen LogP contribution < -0.4 is 4.52 Å². The minimum absolute atomic E-state index is 0.338. The number of phosphoric ester groups is 1. The molecule has 0 aliphatic rings. The van der Waals surface area contributed by atoms with Gasteiger partial charge in [-0.2, -0.15) is 0 Å². The van der Waals surface area contributed by atoms with Gasteiger partial charge in [-0.3, -0.25) is 9.05 Å². The summed E-state index contributed by atoms with van der Waals surface area (Å²) in [5, 5.41) is 0.487. The van der Waals surface area contributed by atoms with Crippen LogP contribution in [0.2, 0.25) is 5.02 Å². The molecule has 1 aromatic carbocycles. The summed E-state index contributed by atoms with van der Waals surface area (Å²) in [7, 11) is -0.992. The van der Waals surface area contributed by atoms with Crippen LogP contribution in [0.3, 0.4) is 0 Å². The second-order valence-corrected chi connectivity index (χ2v) is 4.60. The normalized spacial score (nSPS) is 11.4. The van der Waals surface area contributed by atoms with Gasteiger partial charge in [0.05, 0.1) is 0 Å². The molecule has 0 atom stereocenters. The monoisotopic (exact) mass is 236 g/mol. The van der Waals surface area contributed by atoms with Crippen LogP contribution in [0.4, 0.5) is 0 Å². The van der Waals surface area contributed by atoms with Gasteiger partial charge in [-0.15, -0.1) is 0 Å². The van der Waals surface area contributed by atoms with E-state index in [1.165, 1.54) is 20.3 Å². The first kappa shape index (κ1) is 11.5. The fraction of sp³-hybridized carbons (Fsp3) is 0.250. The molecule has 0 aliphatic carbocycles. The number of phosphoric acid groups is 1. The third kappa shape index (κ3) is 3.00. The van der Waals surface area contributed by atoms with E-state index < -0.39 is 7.82 Å². The van der Waals surface area contributed by atoms with E-state index in [1.54, 1.807) is 18.2 Å². The van der Waals surface area contributed by atoms with Crippen LogP contribution >= 0.6 is 19.4 Å². The Bertz CT molecular complexity index is 347. The number of benzene rings is 1. The van der Waals surface area contributed by atoms with Crippen LogP contribution in [0, 0.1) is 0 Å². The summed E-state index contributed by atoms with van der Waals surface area (Å²) in [5.41, 5.74) is 0. The summed E-state index contributed by atoms with van der Waals surface area (Å²) in [6, 6.07) is 6.48. The molecule has 1 rings (SSSR count). The minimum atomic E-state index is -3.48. The highest BCUT2D eigenvalue weighted by atomic mass is 35.5. The maximum atomic E-state index is 11.5. The highest BCUT2D eigenvalue weighted by Gasteiger charge is 2.24. The van der Waals surface area contributed by atoms with E-state index >= 15 is 0 Å². The van der Waals surface area contributed by atoms with Crippen molar-refractivity contribution in [2.75, 3.05) is 14.2 Å². The van der Waals surface area contributed by atoms with Gasteiger partial charge in [-0.25, -0.2) is 4.57 Å². The van der Waals surface area contributed by atoms with Gasteiger partial charge in [0.1, 0.15) is 5.75 Å². The molecule has 0 bridgehead atoms. The lowest BCUT2D eigenvalue weighted by atomic mass is 10.3. The van der Waals surface area contributed by atoms with Gasteiger partial charge in [-0.05, 0) is 18.2 Å². The van der Waals surface area contributed by atoms with Crippen molar-refractivity contribution >= 4 is 19.4 Å². The lowest BCUT2D eigenvalue weighted by Crippen LogP contribution is -1.96. The smallest absolute Gasteiger partial charge is 0.404 e. The summed E-state index contributed by atoms with van der Waals surface area (Å²) < 4.78 is 25.7. The summed E-state index contributed by atoms with van der Waals surface area (Å²) in [6.45, 7) is 0. The molecule has 0 radical (unpaired) electrons. The molecule has 0 N–H and O–H groups in total. The van der Waals surface area contributed by atoms with E-state index in [1.807, 2.05) is 0 Å². The Kier molecular flexibility index (Phi) is 3.96. The van der Waals surface area contributed by atoms with E-state index in [4.69, 9.17) is 16.1 Å². The quantitative estimate of drug-likeness (QED) is 0.754. The Morgan fingerprint density at radius 3 is 2.43 bits per heavy atom. The van der Waals surface area contributed by atoms with Crippen molar-refractivity contribution in [3.8, 4) is 5.75 Å². The molecule has 0 unspecified atom stereocenters. The van der Waals surface area contributed by atoms with Gasteiger partial charge in [0.15, 0.2) is 0 Å². The second kappa shape index (κ2) is 4.80. The number of halogens is 1. The van der Waals surface area contributed by atoms with Crippen molar-refractivity contribution in [1.29, 1.82) is 0 Å². The Morgan fingerprint density at radius 1 is 1.29 bits per heavy atom. The summed E-state index contributed by atoms with van der Waals surface area (Å²) in [6.07, 6.45) is 0. The van der Waals surface area contributed by atoms with Gasteiger partial charge in [-0.1, -0.05) is 17.7 Å². The molecule has 0 amide bonds. The van der Waals surface area contributed by atoms with Gasteiger partial charge in [0.2, 0.25) is 0 Å². The number of hydrogen-bond donors (Lipinski definition) is 0. The largest absolute Gasteiger partial charge is 0.529 e. The van der Waals surface area contributed by atoms with Gasteiger partial charge in [0.25, 0.3) is 0 Å². The van der Waals surface area contributed by atoms with Crippen molar-refractivity contribution in [2.45, 2.75) is 0 Å². The average Bonchev–Trinajstić information content (AvgIpc) is 2.18. The maximum Gasteiger partial charge on any atom is 0.529 e. The lowest BCUT2D eigenvalue weighted by molar-refractivity contribution is 0.211. The molecule has 0 aliphatic heterocycles. The van der Waals surface area contributed by atoms with Crippen molar-refractivity contribution < 1.29 is 18.1 Å². The van der Waals surface area contributed by atoms with E-state index in [0.717, 1.165) is 0 Å². The lowest BCUT2D eigenvalue weighted by Gasteiger charge is -2.13. The molecule has 0 aromatic heterocycles. The molecule has 4 nitrogen and oxygen atoms in total. The van der Waals surface area contributed by atoms with E-state index in [0.29, 0.717) is 10.8 Å². The summed E-state index contributed by atoms with van der Waals surface area (Å²) in [4.78, 5) is 0. The molecule has 0 saturated heterocycles. The first-order valence-electron chi connectivity index (χ1n) is 3.76. The third-order valence-corrected chi connectivity index (χ3v) is 3.02. The number of rotatable bonds is 4. The minimum Gasteiger partial charge on any atom is -0.404 e. The van der Waals surface area contributed by atoms with Crippen LogP contribution in [-0.2, 0) is 13.6 Å². The Hall–Kier alpha value is -0.540. The van der Waals surface area contributed by atoms with Gasteiger partial charge < -0.3 is 4.52 Å². The molecular formula is C8H10ClO4P. The molecule has 78 valence electrons. The molecule has 0 heterocycles. The molecule has 6 heteroatoms. The van der Waals surface area contributed by atoms with Gasteiger partial charge in [0, 0.05) is 19.2 Å². The molecule has 0 spiro atoms. The summed E-state index contributed by atoms with van der Waals surface area (Å²) >= 11 is 5.71. The SMILES string of the molecule is COP(=O)(OC)Oc1cccc(Cl)c1. The first-order valence-corrected chi connectivity index (χ1v) is 5.60. The van der Waals surface area contributed by atoms with E-state index in [-0.39, 0.29) is 0 Å². The molecule has 1 aromatic rings. The van der Waals surface area contributed by atoms with Crippen LogP contribution in [-0.4, -0.2) is 14.2 Å².